The number of benzene rings is 1. The lowest BCUT2D eigenvalue weighted by molar-refractivity contribution is -0.116. The highest BCUT2D eigenvalue weighted by Crippen LogP contribution is 2.21. The van der Waals surface area contributed by atoms with Gasteiger partial charge in [-0.3, -0.25) is 4.79 Å². The smallest absolute Gasteiger partial charge is 0.248 e. The van der Waals surface area contributed by atoms with Gasteiger partial charge in [-0.2, -0.15) is 0 Å². The van der Waals surface area contributed by atoms with Crippen molar-refractivity contribution in [2.45, 2.75) is 12.3 Å². The summed E-state index contributed by atoms with van der Waals surface area (Å²) in [6.45, 7) is 1.94. The molecule has 92 valence electrons. The number of aryl methyl sites for hydroxylation is 1. The topological polar surface area (TPSA) is 42.0 Å². The van der Waals surface area contributed by atoms with E-state index in [1.54, 1.807) is 12.3 Å². The molecule has 0 saturated heterocycles. The first-order valence-corrected chi connectivity index (χ1v) is 6.03. The first kappa shape index (κ1) is 12.6. The lowest BCUT2D eigenvalue weighted by Gasteiger charge is -2.10. The predicted octanol–water partition coefficient (Wildman–Crippen LogP) is 3.31. The van der Waals surface area contributed by atoms with Gasteiger partial charge < -0.3 is 5.32 Å². The van der Waals surface area contributed by atoms with Crippen molar-refractivity contribution in [1.82, 2.24) is 4.98 Å². The minimum atomic E-state index is -0.714. The molecule has 1 atom stereocenters. The van der Waals surface area contributed by atoms with E-state index < -0.39 is 5.38 Å². The highest BCUT2D eigenvalue weighted by atomic mass is 35.5. The van der Waals surface area contributed by atoms with Gasteiger partial charge in [0, 0.05) is 6.20 Å². The average Bonchev–Trinajstić information content (AvgIpc) is 2.39. The molecule has 2 aromatic rings. The largest absolute Gasteiger partial charge is 0.309 e. The molecule has 0 fully saturated rings. The van der Waals surface area contributed by atoms with Crippen molar-refractivity contribution < 1.29 is 4.79 Å². The highest BCUT2D eigenvalue weighted by Gasteiger charge is 2.17. The predicted molar refractivity (Wildman–Crippen MR) is 72.6 cm³/mol. The van der Waals surface area contributed by atoms with E-state index in [9.17, 15) is 4.79 Å². The summed E-state index contributed by atoms with van der Waals surface area (Å²) in [5, 5.41) is 1.98. The van der Waals surface area contributed by atoms with E-state index in [4.69, 9.17) is 11.6 Å². The lowest BCUT2D eigenvalue weighted by Crippen LogP contribution is -2.18. The van der Waals surface area contributed by atoms with Crippen LogP contribution in [0.15, 0.2) is 48.7 Å². The van der Waals surface area contributed by atoms with Gasteiger partial charge in [-0.05, 0) is 30.2 Å². The van der Waals surface area contributed by atoms with Crippen LogP contribution in [-0.4, -0.2) is 10.9 Å². The molecule has 1 amide bonds. The summed E-state index contributed by atoms with van der Waals surface area (Å²) in [4.78, 5) is 16.0. The molecule has 0 saturated carbocycles. The van der Waals surface area contributed by atoms with E-state index in [0.717, 1.165) is 11.1 Å². The summed E-state index contributed by atoms with van der Waals surface area (Å²) < 4.78 is 0. The van der Waals surface area contributed by atoms with Crippen molar-refractivity contribution in [3.05, 3.63) is 59.8 Å². The van der Waals surface area contributed by atoms with Gasteiger partial charge in [0.2, 0.25) is 5.91 Å². The second-order valence-corrected chi connectivity index (χ2v) is 4.42. The summed E-state index contributed by atoms with van der Waals surface area (Å²) in [5.74, 6) is 0.238. The van der Waals surface area contributed by atoms with Gasteiger partial charge in [0.05, 0.1) is 0 Å². The Hall–Kier alpha value is -1.87. The van der Waals surface area contributed by atoms with Crippen LogP contribution in [0, 0.1) is 6.92 Å². The Morgan fingerprint density at radius 1 is 1.28 bits per heavy atom. The van der Waals surface area contributed by atoms with Gasteiger partial charge >= 0.3 is 0 Å². The van der Waals surface area contributed by atoms with E-state index in [1.165, 1.54) is 0 Å². The lowest BCUT2D eigenvalue weighted by atomic mass is 10.1. The van der Waals surface area contributed by atoms with E-state index in [2.05, 4.69) is 10.3 Å². The zero-order chi connectivity index (χ0) is 13.0. The first-order valence-electron chi connectivity index (χ1n) is 5.59. The third-order valence-corrected chi connectivity index (χ3v) is 2.94. The number of aromatic nitrogens is 1. The molecule has 0 radical (unpaired) electrons. The van der Waals surface area contributed by atoms with Crippen LogP contribution in [0.4, 0.5) is 5.82 Å². The average molecular weight is 261 g/mol. The summed E-state index contributed by atoms with van der Waals surface area (Å²) in [6.07, 6.45) is 1.65. The maximum absolute atomic E-state index is 11.9. The molecule has 1 unspecified atom stereocenters. The Labute approximate surface area is 111 Å². The van der Waals surface area contributed by atoms with Crippen molar-refractivity contribution in [3.8, 4) is 0 Å². The van der Waals surface area contributed by atoms with Crippen molar-refractivity contribution in [1.29, 1.82) is 0 Å². The first-order chi connectivity index (χ1) is 8.66. The van der Waals surface area contributed by atoms with Gasteiger partial charge in [0.15, 0.2) is 0 Å². The van der Waals surface area contributed by atoms with Crippen molar-refractivity contribution >= 4 is 23.3 Å². The molecular formula is C14H13ClN2O. The minimum absolute atomic E-state index is 0.277. The van der Waals surface area contributed by atoms with Gasteiger partial charge in [-0.15, -0.1) is 11.6 Å². The van der Waals surface area contributed by atoms with Crippen LogP contribution < -0.4 is 5.32 Å². The molecule has 0 bridgehead atoms. The maximum atomic E-state index is 11.9. The molecule has 1 heterocycles. The molecule has 3 nitrogen and oxygen atoms in total. The van der Waals surface area contributed by atoms with E-state index in [1.807, 2.05) is 43.3 Å². The molecule has 4 heteroatoms. The monoisotopic (exact) mass is 260 g/mol. The number of halogens is 1. The fourth-order valence-electron chi connectivity index (χ4n) is 1.57. The number of nitrogens with zero attached hydrogens (tertiary/aromatic N) is 1. The Bertz CT molecular complexity index is 543. The minimum Gasteiger partial charge on any atom is -0.309 e. The number of amides is 1. The Balaban J connectivity index is 2.09. The molecule has 18 heavy (non-hydrogen) atoms. The second-order valence-electron chi connectivity index (χ2n) is 3.98. The summed E-state index contributed by atoms with van der Waals surface area (Å²) >= 11 is 6.11. The number of anilines is 1. The number of rotatable bonds is 3. The third-order valence-electron chi connectivity index (χ3n) is 2.49. The fraction of sp³-hybridized carbons (Fsp3) is 0.143. The Kier molecular flexibility index (Phi) is 3.95. The summed E-state index contributed by atoms with van der Waals surface area (Å²) in [5.41, 5.74) is 1.80. The van der Waals surface area contributed by atoms with Crippen LogP contribution in [-0.2, 0) is 4.79 Å². The molecule has 1 aromatic heterocycles. The van der Waals surface area contributed by atoms with Crippen LogP contribution >= 0.6 is 11.6 Å². The van der Waals surface area contributed by atoms with E-state index in [0.29, 0.717) is 5.82 Å². The van der Waals surface area contributed by atoms with Gasteiger partial charge in [-0.1, -0.05) is 30.3 Å². The van der Waals surface area contributed by atoms with Gasteiger partial charge in [0.1, 0.15) is 11.2 Å². The van der Waals surface area contributed by atoms with Crippen LogP contribution in [0.5, 0.6) is 0 Å². The van der Waals surface area contributed by atoms with Crippen LogP contribution in [0.2, 0.25) is 0 Å². The van der Waals surface area contributed by atoms with Gasteiger partial charge in [0.25, 0.3) is 0 Å². The molecular weight excluding hydrogens is 248 g/mol. The standard InChI is InChI=1S/C14H13ClN2O/c1-10-7-8-16-12(9-10)17-14(18)13(15)11-5-3-2-4-6-11/h2-9,13H,1H3,(H,16,17,18). The van der Waals surface area contributed by atoms with Crippen LogP contribution in [0.1, 0.15) is 16.5 Å². The third kappa shape index (κ3) is 3.08. The molecule has 0 aliphatic carbocycles. The fourth-order valence-corrected chi connectivity index (χ4v) is 1.77. The molecule has 1 aromatic carbocycles. The normalized spacial score (nSPS) is 11.9. The highest BCUT2D eigenvalue weighted by molar-refractivity contribution is 6.32. The summed E-state index contributed by atoms with van der Waals surface area (Å²) in [6, 6.07) is 12.9. The number of alkyl halides is 1. The zero-order valence-corrected chi connectivity index (χ0v) is 10.7. The quantitative estimate of drug-likeness (QED) is 0.861. The van der Waals surface area contributed by atoms with Crippen molar-refractivity contribution in [3.63, 3.8) is 0 Å². The molecule has 1 N–H and O–H groups in total. The Morgan fingerprint density at radius 2 is 2.00 bits per heavy atom. The number of carbonyl (C=O) groups is 1. The van der Waals surface area contributed by atoms with Crippen LogP contribution in [0.3, 0.4) is 0 Å². The van der Waals surface area contributed by atoms with E-state index >= 15 is 0 Å². The Morgan fingerprint density at radius 3 is 2.67 bits per heavy atom. The number of nitrogens with one attached hydrogen (secondary N) is 1. The summed E-state index contributed by atoms with van der Waals surface area (Å²) in [7, 11) is 0. The second kappa shape index (κ2) is 5.65. The molecule has 0 spiro atoms. The number of hydrogen-bond acceptors (Lipinski definition) is 2. The van der Waals surface area contributed by atoms with Gasteiger partial charge in [-0.25, -0.2) is 4.98 Å². The molecule has 2 rings (SSSR count). The van der Waals surface area contributed by atoms with Crippen LogP contribution in [0.25, 0.3) is 0 Å². The number of carbonyl (C=O) groups excluding carboxylic acids is 1. The SMILES string of the molecule is Cc1ccnc(NC(=O)C(Cl)c2ccccc2)c1. The maximum Gasteiger partial charge on any atom is 0.248 e. The number of hydrogen-bond donors (Lipinski definition) is 1. The number of pyridine rings is 1. The zero-order valence-electron chi connectivity index (χ0n) is 9.93. The van der Waals surface area contributed by atoms with Crippen molar-refractivity contribution in [2.24, 2.45) is 0 Å². The molecule has 0 aliphatic heterocycles. The molecule has 0 aliphatic rings. The van der Waals surface area contributed by atoms with E-state index in [-0.39, 0.29) is 5.91 Å². The van der Waals surface area contributed by atoms with Crippen molar-refractivity contribution in [2.75, 3.05) is 5.32 Å².